The zero-order valence-electron chi connectivity index (χ0n) is 15.5. The first-order valence-electron chi connectivity index (χ1n) is 8.80. The van der Waals surface area contributed by atoms with Gasteiger partial charge in [-0.15, -0.1) is 0 Å². The van der Waals surface area contributed by atoms with Crippen molar-refractivity contribution in [2.24, 2.45) is 0 Å². The minimum Gasteiger partial charge on any atom is -0.352 e. The number of carbonyl (C=O) groups excluding carboxylic acids is 1. The topological polar surface area (TPSA) is 75.3 Å². The standard InChI is InChI=1S/C20H26N2O3S/c1-4-22-26(24,25)19-7-5-6-18(14-19)20(23)21-13-12-16-8-10-17(11-9-16)15(2)3/h5-11,14-15,22H,4,12-13H2,1-3H3,(H,21,23). The molecule has 26 heavy (non-hydrogen) atoms. The third-order valence-corrected chi connectivity index (χ3v) is 5.63. The molecule has 0 atom stereocenters. The lowest BCUT2D eigenvalue weighted by Crippen LogP contribution is -2.27. The van der Waals surface area contributed by atoms with Crippen LogP contribution in [0.4, 0.5) is 0 Å². The maximum absolute atomic E-state index is 12.3. The molecule has 2 N–H and O–H groups in total. The molecule has 5 nitrogen and oxygen atoms in total. The van der Waals surface area contributed by atoms with E-state index in [0.29, 0.717) is 24.6 Å². The molecular formula is C20H26N2O3S. The van der Waals surface area contributed by atoms with Crippen molar-refractivity contribution in [1.82, 2.24) is 10.0 Å². The van der Waals surface area contributed by atoms with Gasteiger partial charge in [-0.3, -0.25) is 4.79 Å². The van der Waals surface area contributed by atoms with Crippen LogP contribution in [0, 0.1) is 0 Å². The van der Waals surface area contributed by atoms with Gasteiger partial charge in [0.2, 0.25) is 10.0 Å². The van der Waals surface area contributed by atoms with Crippen molar-refractivity contribution in [2.75, 3.05) is 13.1 Å². The van der Waals surface area contributed by atoms with Gasteiger partial charge in [0.25, 0.3) is 5.91 Å². The van der Waals surface area contributed by atoms with E-state index >= 15 is 0 Å². The van der Waals surface area contributed by atoms with Crippen LogP contribution in [0.25, 0.3) is 0 Å². The van der Waals surface area contributed by atoms with Gasteiger partial charge < -0.3 is 5.32 Å². The number of hydrogen-bond acceptors (Lipinski definition) is 3. The van der Waals surface area contributed by atoms with Gasteiger partial charge in [-0.05, 0) is 41.7 Å². The van der Waals surface area contributed by atoms with Crippen LogP contribution in [-0.4, -0.2) is 27.4 Å². The van der Waals surface area contributed by atoms with Crippen molar-refractivity contribution in [3.8, 4) is 0 Å². The third kappa shape index (κ3) is 5.41. The van der Waals surface area contributed by atoms with Crippen molar-refractivity contribution in [3.63, 3.8) is 0 Å². The molecule has 2 rings (SSSR count). The highest BCUT2D eigenvalue weighted by molar-refractivity contribution is 7.89. The Bertz CT molecular complexity index is 844. The summed E-state index contributed by atoms with van der Waals surface area (Å²) in [5, 5.41) is 2.84. The predicted molar refractivity (Wildman–Crippen MR) is 104 cm³/mol. The monoisotopic (exact) mass is 374 g/mol. The third-order valence-electron chi connectivity index (χ3n) is 4.09. The Morgan fingerprint density at radius 1 is 1.08 bits per heavy atom. The number of nitrogens with one attached hydrogen (secondary N) is 2. The minimum atomic E-state index is -3.57. The zero-order chi connectivity index (χ0) is 19.2. The molecule has 0 heterocycles. The summed E-state index contributed by atoms with van der Waals surface area (Å²) >= 11 is 0. The molecule has 0 aliphatic carbocycles. The van der Waals surface area contributed by atoms with Crippen LogP contribution in [-0.2, 0) is 16.4 Å². The lowest BCUT2D eigenvalue weighted by molar-refractivity contribution is 0.0954. The Kier molecular flexibility index (Phi) is 6.94. The van der Waals surface area contributed by atoms with Gasteiger partial charge in [-0.1, -0.05) is 51.1 Å². The molecule has 0 aromatic heterocycles. The quantitative estimate of drug-likeness (QED) is 0.746. The van der Waals surface area contributed by atoms with Crippen LogP contribution in [0.2, 0.25) is 0 Å². The predicted octanol–water partition coefficient (Wildman–Crippen LogP) is 3.08. The summed E-state index contributed by atoms with van der Waals surface area (Å²) in [6.45, 7) is 6.80. The van der Waals surface area contributed by atoms with E-state index in [1.807, 2.05) is 0 Å². The summed E-state index contributed by atoms with van der Waals surface area (Å²) in [6, 6.07) is 14.4. The van der Waals surface area contributed by atoms with Gasteiger partial charge >= 0.3 is 0 Å². The molecule has 6 heteroatoms. The summed E-state index contributed by atoms with van der Waals surface area (Å²) in [5.41, 5.74) is 2.77. The van der Waals surface area contributed by atoms with Crippen LogP contribution in [0.1, 0.15) is 48.2 Å². The normalized spacial score (nSPS) is 11.5. The fourth-order valence-corrected chi connectivity index (χ4v) is 3.66. The van der Waals surface area contributed by atoms with Gasteiger partial charge in [-0.25, -0.2) is 13.1 Å². The number of rotatable bonds is 8. The second-order valence-electron chi connectivity index (χ2n) is 6.43. The van der Waals surface area contributed by atoms with Gasteiger partial charge in [0.05, 0.1) is 4.90 Å². The first kappa shape index (κ1) is 20.1. The summed E-state index contributed by atoms with van der Waals surface area (Å²) < 4.78 is 26.5. The van der Waals surface area contributed by atoms with Gasteiger partial charge in [-0.2, -0.15) is 0 Å². The molecule has 0 bridgehead atoms. The number of benzene rings is 2. The lowest BCUT2D eigenvalue weighted by Gasteiger charge is -2.09. The Hall–Kier alpha value is -2.18. The summed E-state index contributed by atoms with van der Waals surface area (Å²) in [7, 11) is -3.57. The summed E-state index contributed by atoms with van der Waals surface area (Å²) in [6.07, 6.45) is 0.722. The second kappa shape index (κ2) is 8.96. The van der Waals surface area contributed by atoms with E-state index in [1.165, 1.54) is 17.7 Å². The number of hydrogen-bond donors (Lipinski definition) is 2. The van der Waals surface area contributed by atoms with E-state index in [1.54, 1.807) is 19.1 Å². The molecule has 2 aromatic rings. The highest BCUT2D eigenvalue weighted by Crippen LogP contribution is 2.15. The second-order valence-corrected chi connectivity index (χ2v) is 8.20. The van der Waals surface area contributed by atoms with Crippen LogP contribution in [0.3, 0.4) is 0 Å². The average molecular weight is 375 g/mol. The molecule has 140 valence electrons. The Labute approximate surface area is 155 Å². The number of amides is 1. The molecular weight excluding hydrogens is 348 g/mol. The van der Waals surface area contributed by atoms with E-state index in [4.69, 9.17) is 0 Å². The highest BCUT2D eigenvalue weighted by Gasteiger charge is 2.15. The van der Waals surface area contributed by atoms with Gasteiger partial charge in [0, 0.05) is 18.7 Å². The summed E-state index contributed by atoms with van der Waals surface area (Å²) in [4.78, 5) is 12.4. The molecule has 2 aromatic carbocycles. The van der Waals surface area contributed by atoms with Crippen molar-refractivity contribution in [2.45, 2.75) is 38.0 Å². The van der Waals surface area contributed by atoms with Crippen LogP contribution in [0.5, 0.6) is 0 Å². The van der Waals surface area contributed by atoms with E-state index < -0.39 is 10.0 Å². The Balaban J connectivity index is 1.96. The average Bonchev–Trinajstić information content (AvgIpc) is 2.62. The molecule has 0 aliphatic rings. The number of carbonyl (C=O) groups is 1. The molecule has 0 spiro atoms. The lowest BCUT2D eigenvalue weighted by atomic mass is 10.0. The first-order valence-corrected chi connectivity index (χ1v) is 10.3. The molecule has 0 aliphatic heterocycles. The van der Waals surface area contributed by atoms with Crippen molar-refractivity contribution in [3.05, 3.63) is 65.2 Å². The largest absolute Gasteiger partial charge is 0.352 e. The Morgan fingerprint density at radius 3 is 2.38 bits per heavy atom. The molecule has 0 saturated carbocycles. The van der Waals surface area contributed by atoms with Gasteiger partial charge in [0.1, 0.15) is 0 Å². The summed E-state index contributed by atoms with van der Waals surface area (Å²) in [5.74, 6) is 0.215. The minimum absolute atomic E-state index is 0.0938. The fourth-order valence-electron chi connectivity index (χ4n) is 2.57. The SMILES string of the molecule is CCNS(=O)(=O)c1cccc(C(=O)NCCc2ccc(C(C)C)cc2)c1. The Morgan fingerprint density at radius 2 is 1.77 bits per heavy atom. The van der Waals surface area contributed by atoms with E-state index in [0.717, 1.165) is 12.0 Å². The first-order chi connectivity index (χ1) is 12.3. The molecule has 0 unspecified atom stereocenters. The van der Waals surface area contributed by atoms with Crippen molar-refractivity contribution in [1.29, 1.82) is 0 Å². The van der Waals surface area contributed by atoms with Crippen molar-refractivity contribution < 1.29 is 13.2 Å². The molecule has 1 amide bonds. The zero-order valence-corrected chi connectivity index (χ0v) is 16.3. The van der Waals surface area contributed by atoms with Crippen molar-refractivity contribution >= 4 is 15.9 Å². The van der Waals surface area contributed by atoms with E-state index in [9.17, 15) is 13.2 Å². The maximum Gasteiger partial charge on any atom is 0.251 e. The van der Waals surface area contributed by atoms with Gasteiger partial charge in [0.15, 0.2) is 0 Å². The highest BCUT2D eigenvalue weighted by atomic mass is 32.2. The molecule has 0 radical (unpaired) electrons. The fraction of sp³-hybridized carbons (Fsp3) is 0.350. The van der Waals surface area contributed by atoms with Crippen LogP contribution >= 0.6 is 0 Å². The molecule has 0 fully saturated rings. The number of sulfonamides is 1. The van der Waals surface area contributed by atoms with Crippen LogP contribution in [0.15, 0.2) is 53.4 Å². The van der Waals surface area contributed by atoms with E-state index in [2.05, 4.69) is 48.2 Å². The maximum atomic E-state index is 12.3. The smallest absolute Gasteiger partial charge is 0.251 e. The van der Waals surface area contributed by atoms with Crippen LogP contribution < -0.4 is 10.0 Å². The molecule has 0 saturated heterocycles. The van der Waals surface area contributed by atoms with E-state index in [-0.39, 0.29) is 10.8 Å².